The first-order valence-corrected chi connectivity index (χ1v) is 6.14. The van der Waals surface area contributed by atoms with Crippen molar-refractivity contribution >= 4 is 18.4 Å². The molecule has 1 saturated heterocycles. The van der Waals surface area contributed by atoms with E-state index in [4.69, 9.17) is 9.47 Å². The van der Waals surface area contributed by atoms with Gasteiger partial charge in [0, 0.05) is 18.8 Å². The first kappa shape index (κ1) is 15.7. The van der Waals surface area contributed by atoms with Crippen molar-refractivity contribution in [1.82, 2.24) is 10.3 Å². The van der Waals surface area contributed by atoms with Gasteiger partial charge in [-0.25, -0.2) is 4.98 Å². The van der Waals surface area contributed by atoms with Crippen molar-refractivity contribution in [3.05, 3.63) is 23.9 Å². The molecule has 2 atom stereocenters. The molecule has 106 valence electrons. The zero-order valence-electron chi connectivity index (χ0n) is 11.1. The molecule has 1 unspecified atom stereocenters. The summed E-state index contributed by atoms with van der Waals surface area (Å²) < 4.78 is 10.0. The highest BCUT2D eigenvalue weighted by Crippen LogP contribution is 2.26. The maximum Gasteiger partial charge on any atom is 0.322 e. The van der Waals surface area contributed by atoms with Crippen LogP contribution in [0, 0.1) is 0 Å². The molecular formula is C13H19ClN2O3. The van der Waals surface area contributed by atoms with E-state index >= 15 is 0 Å². The summed E-state index contributed by atoms with van der Waals surface area (Å²) in [6.07, 6.45) is 2.57. The van der Waals surface area contributed by atoms with E-state index in [-0.39, 0.29) is 24.4 Å². The Bertz CT molecular complexity index is 411. The summed E-state index contributed by atoms with van der Waals surface area (Å²) in [5, 5.41) is 3.16. The van der Waals surface area contributed by atoms with Crippen LogP contribution in [-0.2, 0) is 9.53 Å². The number of hydrogen-bond acceptors (Lipinski definition) is 5. The standard InChI is InChI=1S/C13H18N2O3.ClH/c1-3-18-12-5-4-9(7-15-12)10-6-11(14-8-10)13(16)17-2;/h4-5,7,10-11,14H,3,6,8H2,1-2H3;1H/t10?,11-;/m1./s1. The highest BCUT2D eigenvalue weighted by atomic mass is 35.5. The minimum absolute atomic E-state index is 0. The molecule has 1 aromatic rings. The number of esters is 1. The van der Waals surface area contributed by atoms with Crippen molar-refractivity contribution in [3.63, 3.8) is 0 Å². The molecule has 0 aromatic carbocycles. The van der Waals surface area contributed by atoms with E-state index in [2.05, 4.69) is 10.3 Å². The van der Waals surface area contributed by atoms with Gasteiger partial charge in [0.15, 0.2) is 0 Å². The predicted octanol–water partition coefficient (Wildman–Crippen LogP) is 1.52. The van der Waals surface area contributed by atoms with Gasteiger partial charge >= 0.3 is 5.97 Å². The highest BCUT2D eigenvalue weighted by Gasteiger charge is 2.30. The Morgan fingerprint density at radius 3 is 2.89 bits per heavy atom. The second-order valence-electron chi connectivity index (χ2n) is 4.28. The fourth-order valence-electron chi connectivity index (χ4n) is 2.18. The van der Waals surface area contributed by atoms with Crippen LogP contribution in [0.1, 0.15) is 24.8 Å². The third-order valence-corrected chi connectivity index (χ3v) is 3.14. The predicted molar refractivity (Wildman–Crippen MR) is 73.8 cm³/mol. The number of rotatable bonds is 4. The number of ether oxygens (including phenoxy) is 2. The lowest BCUT2D eigenvalue weighted by Crippen LogP contribution is -2.31. The molecule has 1 aliphatic heterocycles. The molecule has 19 heavy (non-hydrogen) atoms. The van der Waals surface area contributed by atoms with Gasteiger partial charge in [0.05, 0.1) is 13.7 Å². The summed E-state index contributed by atoms with van der Waals surface area (Å²) in [5.74, 6) is 0.741. The summed E-state index contributed by atoms with van der Waals surface area (Å²) in [6.45, 7) is 3.31. The number of nitrogens with zero attached hydrogens (tertiary/aromatic N) is 1. The number of aromatic nitrogens is 1. The van der Waals surface area contributed by atoms with Crippen LogP contribution in [-0.4, -0.2) is 37.3 Å². The van der Waals surface area contributed by atoms with Crippen LogP contribution in [0.4, 0.5) is 0 Å². The van der Waals surface area contributed by atoms with E-state index in [0.29, 0.717) is 18.4 Å². The Hall–Kier alpha value is -1.33. The third kappa shape index (κ3) is 3.81. The number of carbonyl (C=O) groups is 1. The largest absolute Gasteiger partial charge is 0.478 e. The normalized spacial score (nSPS) is 21.6. The Morgan fingerprint density at radius 1 is 1.53 bits per heavy atom. The first-order valence-electron chi connectivity index (χ1n) is 6.14. The summed E-state index contributed by atoms with van der Waals surface area (Å²) in [7, 11) is 1.41. The van der Waals surface area contributed by atoms with E-state index in [1.165, 1.54) is 7.11 Å². The van der Waals surface area contributed by atoms with E-state index in [1.807, 2.05) is 25.3 Å². The Kier molecular flexibility index (Phi) is 6.05. The van der Waals surface area contributed by atoms with Gasteiger partial charge in [-0.15, -0.1) is 12.4 Å². The number of methoxy groups -OCH3 is 1. The zero-order valence-corrected chi connectivity index (χ0v) is 11.9. The SMILES string of the molecule is CCOc1ccc(C2CN[C@@H](C(=O)OC)C2)cn1.Cl. The number of nitrogens with one attached hydrogen (secondary N) is 1. The maximum absolute atomic E-state index is 11.4. The van der Waals surface area contributed by atoms with Crippen molar-refractivity contribution in [2.75, 3.05) is 20.3 Å². The molecule has 1 aromatic heterocycles. The highest BCUT2D eigenvalue weighted by molar-refractivity contribution is 5.85. The second kappa shape index (κ2) is 7.31. The van der Waals surface area contributed by atoms with Gasteiger partial charge in [0.2, 0.25) is 5.88 Å². The van der Waals surface area contributed by atoms with Gasteiger partial charge in [-0.3, -0.25) is 4.79 Å². The molecule has 0 amide bonds. The van der Waals surface area contributed by atoms with Gasteiger partial charge in [-0.1, -0.05) is 6.07 Å². The van der Waals surface area contributed by atoms with Crippen molar-refractivity contribution in [2.24, 2.45) is 0 Å². The van der Waals surface area contributed by atoms with Gasteiger partial charge in [-0.2, -0.15) is 0 Å². The fraction of sp³-hybridized carbons (Fsp3) is 0.538. The average Bonchev–Trinajstić information content (AvgIpc) is 2.89. The molecule has 0 aliphatic carbocycles. The first-order chi connectivity index (χ1) is 8.74. The number of pyridine rings is 1. The van der Waals surface area contributed by atoms with Crippen molar-refractivity contribution in [3.8, 4) is 5.88 Å². The molecule has 5 nitrogen and oxygen atoms in total. The average molecular weight is 287 g/mol. The van der Waals surface area contributed by atoms with E-state index in [9.17, 15) is 4.79 Å². The Morgan fingerprint density at radius 2 is 2.32 bits per heavy atom. The van der Waals surface area contributed by atoms with Crippen LogP contribution in [0.5, 0.6) is 5.88 Å². The fourth-order valence-corrected chi connectivity index (χ4v) is 2.18. The third-order valence-electron chi connectivity index (χ3n) is 3.14. The lowest BCUT2D eigenvalue weighted by atomic mass is 9.98. The molecule has 0 saturated carbocycles. The van der Waals surface area contributed by atoms with E-state index in [1.54, 1.807) is 0 Å². The summed E-state index contributed by atoms with van der Waals surface area (Å²) in [6, 6.07) is 3.67. The summed E-state index contributed by atoms with van der Waals surface area (Å²) >= 11 is 0. The molecule has 0 bridgehead atoms. The van der Waals surface area contributed by atoms with Crippen molar-refractivity contribution in [1.29, 1.82) is 0 Å². The van der Waals surface area contributed by atoms with Crippen LogP contribution >= 0.6 is 12.4 Å². The number of halogens is 1. The molecule has 2 heterocycles. The van der Waals surface area contributed by atoms with Gasteiger partial charge in [0.25, 0.3) is 0 Å². The van der Waals surface area contributed by atoms with Crippen LogP contribution in [0.2, 0.25) is 0 Å². The lowest BCUT2D eigenvalue weighted by molar-refractivity contribution is -0.142. The molecule has 1 fully saturated rings. The molecule has 1 N–H and O–H groups in total. The molecule has 2 rings (SSSR count). The van der Waals surface area contributed by atoms with Gasteiger partial charge < -0.3 is 14.8 Å². The zero-order chi connectivity index (χ0) is 13.0. The quantitative estimate of drug-likeness (QED) is 0.851. The van der Waals surface area contributed by atoms with E-state index in [0.717, 1.165) is 18.5 Å². The summed E-state index contributed by atoms with van der Waals surface area (Å²) in [4.78, 5) is 15.6. The number of carbonyl (C=O) groups excluding carboxylic acids is 1. The lowest BCUT2D eigenvalue weighted by Gasteiger charge is -2.09. The second-order valence-corrected chi connectivity index (χ2v) is 4.28. The molecule has 0 spiro atoms. The maximum atomic E-state index is 11.4. The Labute approximate surface area is 119 Å². The van der Waals surface area contributed by atoms with Crippen molar-refractivity contribution in [2.45, 2.75) is 25.3 Å². The molecule has 6 heteroatoms. The van der Waals surface area contributed by atoms with Crippen LogP contribution in [0.25, 0.3) is 0 Å². The smallest absolute Gasteiger partial charge is 0.322 e. The van der Waals surface area contributed by atoms with Gasteiger partial charge in [0.1, 0.15) is 6.04 Å². The molecular weight excluding hydrogens is 268 g/mol. The summed E-state index contributed by atoms with van der Waals surface area (Å²) in [5.41, 5.74) is 1.12. The minimum atomic E-state index is -0.202. The van der Waals surface area contributed by atoms with Crippen molar-refractivity contribution < 1.29 is 14.3 Å². The van der Waals surface area contributed by atoms with Crippen LogP contribution in [0.15, 0.2) is 18.3 Å². The molecule has 0 radical (unpaired) electrons. The van der Waals surface area contributed by atoms with Gasteiger partial charge in [-0.05, 0) is 24.8 Å². The minimum Gasteiger partial charge on any atom is -0.478 e. The topological polar surface area (TPSA) is 60.5 Å². The Balaban J connectivity index is 0.00000180. The van der Waals surface area contributed by atoms with Crippen LogP contribution < -0.4 is 10.1 Å². The molecule has 1 aliphatic rings. The number of hydrogen-bond donors (Lipinski definition) is 1. The van der Waals surface area contributed by atoms with E-state index < -0.39 is 0 Å². The van der Waals surface area contributed by atoms with Crippen LogP contribution in [0.3, 0.4) is 0 Å². The monoisotopic (exact) mass is 286 g/mol.